The van der Waals surface area contributed by atoms with Crippen molar-refractivity contribution in [2.45, 2.75) is 37.9 Å². The number of carbonyl (C=O) groups is 1. The van der Waals surface area contributed by atoms with E-state index < -0.39 is 12.6 Å². The predicted octanol–water partition coefficient (Wildman–Crippen LogP) is 1.18. The van der Waals surface area contributed by atoms with Crippen LogP contribution in [0.3, 0.4) is 0 Å². The summed E-state index contributed by atoms with van der Waals surface area (Å²) < 4.78 is 35.4. The Morgan fingerprint density at radius 2 is 2.07 bits per heavy atom. The lowest BCUT2D eigenvalue weighted by Gasteiger charge is -2.15. The highest BCUT2D eigenvalue weighted by Gasteiger charge is 2.31. The Bertz CT molecular complexity index is 230. The molecule has 15 heavy (non-hydrogen) atoms. The van der Waals surface area contributed by atoms with Crippen molar-refractivity contribution in [1.29, 1.82) is 0 Å². The van der Waals surface area contributed by atoms with E-state index in [1.807, 2.05) is 0 Å². The number of hydrogen-bond donors (Lipinski definition) is 2. The molecule has 0 bridgehead atoms. The molecule has 6 heteroatoms. The van der Waals surface area contributed by atoms with Gasteiger partial charge in [0.05, 0.1) is 12.3 Å². The molecule has 0 aromatic heterocycles. The third-order valence-electron chi connectivity index (χ3n) is 2.61. The number of carbonyl (C=O) groups excluding carboxylic acids is 1. The average Bonchev–Trinajstić information content (AvgIpc) is 2.48. The van der Waals surface area contributed by atoms with Gasteiger partial charge in [-0.3, -0.25) is 4.79 Å². The van der Waals surface area contributed by atoms with Crippen LogP contribution in [-0.2, 0) is 4.79 Å². The van der Waals surface area contributed by atoms with E-state index in [1.165, 1.54) is 0 Å². The number of hydrogen-bond acceptors (Lipinski definition) is 2. The van der Waals surface area contributed by atoms with E-state index in [4.69, 9.17) is 5.73 Å². The molecule has 2 atom stereocenters. The van der Waals surface area contributed by atoms with Gasteiger partial charge in [0, 0.05) is 12.6 Å². The quantitative estimate of drug-likeness (QED) is 0.756. The lowest BCUT2D eigenvalue weighted by atomic mass is 10.0. The Morgan fingerprint density at radius 1 is 1.40 bits per heavy atom. The van der Waals surface area contributed by atoms with Gasteiger partial charge in [0.1, 0.15) is 0 Å². The monoisotopic (exact) mass is 224 g/mol. The molecule has 1 amide bonds. The van der Waals surface area contributed by atoms with Crippen molar-refractivity contribution >= 4 is 5.91 Å². The van der Waals surface area contributed by atoms with Gasteiger partial charge in [-0.05, 0) is 12.8 Å². The molecule has 1 fully saturated rings. The van der Waals surface area contributed by atoms with Crippen LogP contribution in [0.5, 0.6) is 0 Å². The zero-order valence-corrected chi connectivity index (χ0v) is 8.31. The summed E-state index contributed by atoms with van der Waals surface area (Å²) >= 11 is 0. The Labute approximate surface area is 86.2 Å². The van der Waals surface area contributed by atoms with Gasteiger partial charge < -0.3 is 11.1 Å². The Balaban J connectivity index is 2.24. The Hall–Kier alpha value is -0.780. The van der Waals surface area contributed by atoms with Gasteiger partial charge in [0.15, 0.2) is 0 Å². The third kappa shape index (κ3) is 4.07. The standard InChI is InChI=1S/C9H15F3N2O/c10-9(11,12)4-5-14-8(15)6-2-1-3-7(6)13/h6-7H,1-5,13H2,(H,14,15). The molecule has 0 saturated heterocycles. The van der Waals surface area contributed by atoms with Crippen LogP contribution in [0.15, 0.2) is 0 Å². The van der Waals surface area contributed by atoms with E-state index in [-0.39, 0.29) is 24.4 Å². The summed E-state index contributed by atoms with van der Waals surface area (Å²) in [5, 5.41) is 2.27. The lowest BCUT2D eigenvalue weighted by Crippen LogP contribution is -2.39. The maximum atomic E-state index is 11.8. The van der Waals surface area contributed by atoms with Gasteiger partial charge in [-0.1, -0.05) is 6.42 Å². The summed E-state index contributed by atoms with van der Waals surface area (Å²) in [6.07, 6.45) is -2.87. The van der Waals surface area contributed by atoms with Crippen LogP contribution in [0, 0.1) is 5.92 Å². The van der Waals surface area contributed by atoms with E-state index in [1.54, 1.807) is 0 Å². The van der Waals surface area contributed by atoms with Gasteiger partial charge in [-0.25, -0.2) is 0 Å². The van der Waals surface area contributed by atoms with Crippen LogP contribution in [0.4, 0.5) is 13.2 Å². The molecule has 0 aromatic carbocycles. The first-order valence-corrected chi connectivity index (χ1v) is 5.00. The fourth-order valence-electron chi connectivity index (χ4n) is 1.77. The molecule has 0 radical (unpaired) electrons. The minimum Gasteiger partial charge on any atom is -0.355 e. The molecule has 0 spiro atoms. The molecule has 1 saturated carbocycles. The number of alkyl halides is 3. The summed E-state index contributed by atoms with van der Waals surface area (Å²) in [6, 6.07) is -0.198. The van der Waals surface area contributed by atoms with Crippen LogP contribution in [0.1, 0.15) is 25.7 Å². The molecule has 1 aliphatic carbocycles. The molecule has 1 aliphatic rings. The Morgan fingerprint density at radius 3 is 2.53 bits per heavy atom. The van der Waals surface area contributed by atoms with Crippen molar-refractivity contribution < 1.29 is 18.0 Å². The minimum atomic E-state index is -4.22. The molecule has 88 valence electrons. The second-order valence-electron chi connectivity index (χ2n) is 3.86. The van der Waals surface area contributed by atoms with Crippen LogP contribution in [0.2, 0.25) is 0 Å². The molecule has 0 aromatic rings. The number of nitrogens with two attached hydrogens (primary N) is 1. The SMILES string of the molecule is NC1CCCC1C(=O)NCCC(F)(F)F. The number of amides is 1. The van der Waals surface area contributed by atoms with Crippen LogP contribution in [-0.4, -0.2) is 24.7 Å². The largest absolute Gasteiger partial charge is 0.390 e. The van der Waals surface area contributed by atoms with Crippen molar-refractivity contribution in [3.05, 3.63) is 0 Å². The highest BCUT2D eigenvalue weighted by molar-refractivity contribution is 5.79. The number of rotatable bonds is 3. The van der Waals surface area contributed by atoms with Crippen molar-refractivity contribution in [2.75, 3.05) is 6.54 Å². The number of nitrogens with one attached hydrogen (secondary N) is 1. The molecular weight excluding hydrogens is 209 g/mol. The molecule has 0 aliphatic heterocycles. The van der Waals surface area contributed by atoms with Gasteiger partial charge in [-0.15, -0.1) is 0 Å². The van der Waals surface area contributed by atoms with E-state index in [0.717, 1.165) is 12.8 Å². The topological polar surface area (TPSA) is 55.1 Å². The zero-order chi connectivity index (χ0) is 11.5. The molecule has 3 nitrogen and oxygen atoms in total. The van der Waals surface area contributed by atoms with Crippen molar-refractivity contribution in [1.82, 2.24) is 5.32 Å². The molecule has 2 unspecified atom stereocenters. The van der Waals surface area contributed by atoms with Gasteiger partial charge in [-0.2, -0.15) is 13.2 Å². The highest BCUT2D eigenvalue weighted by Crippen LogP contribution is 2.24. The first-order chi connectivity index (χ1) is 6.90. The number of halogens is 3. The van der Waals surface area contributed by atoms with Gasteiger partial charge in [0.25, 0.3) is 0 Å². The van der Waals surface area contributed by atoms with E-state index in [2.05, 4.69) is 5.32 Å². The first kappa shape index (κ1) is 12.3. The van der Waals surface area contributed by atoms with Crippen molar-refractivity contribution in [3.63, 3.8) is 0 Å². The fourth-order valence-corrected chi connectivity index (χ4v) is 1.77. The maximum Gasteiger partial charge on any atom is 0.390 e. The van der Waals surface area contributed by atoms with Gasteiger partial charge in [0.2, 0.25) is 5.91 Å². The summed E-state index contributed by atoms with van der Waals surface area (Å²) in [4.78, 5) is 11.4. The second kappa shape index (κ2) is 4.83. The summed E-state index contributed by atoms with van der Waals surface area (Å²) in [7, 11) is 0. The zero-order valence-electron chi connectivity index (χ0n) is 8.31. The summed E-state index contributed by atoms with van der Waals surface area (Å²) in [6.45, 7) is -0.356. The van der Waals surface area contributed by atoms with E-state index in [0.29, 0.717) is 6.42 Å². The minimum absolute atomic E-state index is 0.198. The van der Waals surface area contributed by atoms with Crippen LogP contribution < -0.4 is 11.1 Å². The molecule has 0 heterocycles. The molecule has 1 rings (SSSR count). The summed E-state index contributed by atoms with van der Waals surface area (Å²) in [5.41, 5.74) is 5.65. The Kier molecular flexibility index (Phi) is 3.96. The van der Waals surface area contributed by atoms with Crippen LogP contribution >= 0.6 is 0 Å². The molecular formula is C9H15F3N2O. The predicted molar refractivity (Wildman–Crippen MR) is 49.0 cm³/mol. The van der Waals surface area contributed by atoms with E-state index in [9.17, 15) is 18.0 Å². The van der Waals surface area contributed by atoms with Crippen molar-refractivity contribution in [3.8, 4) is 0 Å². The van der Waals surface area contributed by atoms with Gasteiger partial charge >= 0.3 is 6.18 Å². The summed E-state index contributed by atoms with van der Waals surface area (Å²) in [5.74, 6) is -0.650. The van der Waals surface area contributed by atoms with Crippen LogP contribution in [0.25, 0.3) is 0 Å². The average molecular weight is 224 g/mol. The molecule has 3 N–H and O–H groups in total. The fraction of sp³-hybridized carbons (Fsp3) is 0.889. The highest BCUT2D eigenvalue weighted by atomic mass is 19.4. The maximum absolute atomic E-state index is 11.8. The normalized spacial score (nSPS) is 26.7. The third-order valence-corrected chi connectivity index (χ3v) is 2.61. The van der Waals surface area contributed by atoms with E-state index >= 15 is 0 Å². The first-order valence-electron chi connectivity index (χ1n) is 5.00. The lowest BCUT2D eigenvalue weighted by molar-refractivity contribution is -0.136. The second-order valence-corrected chi connectivity index (χ2v) is 3.86. The van der Waals surface area contributed by atoms with Crippen molar-refractivity contribution in [2.24, 2.45) is 11.7 Å². The smallest absolute Gasteiger partial charge is 0.355 e.